The summed E-state index contributed by atoms with van der Waals surface area (Å²) in [5, 5.41) is 4.53. The van der Waals surface area contributed by atoms with Gasteiger partial charge in [-0.3, -0.25) is 0 Å². The van der Waals surface area contributed by atoms with Gasteiger partial charge in [0.25, 0.3) is 0 Å². The Morgan fingerprint density at radius 1 is 1.41 bits per heavy atom. The highest BCUT2D eigenvalue weighted by Crippen LogP contribution is 2.41. The summed E-state index contributed by atoms with van der Waals surface area (Å²) in [5.41, 5.74) is 2.38. The maximum absolute atomic E-state index is 4.60. The Morgan fingerprint density at radius 2 is 2.24 bits per heavy atom. The number of halogens is 1. The summed E-state index contributed by atoms with van der Waals surface area (Å²) < 4.78 is 2.92. The Balaban J connectivity index is 1.99. The van der Waals surface area contributed by atoms with E-state index in [2.05, 4.69) is 45.1 Å². The highest BCUT2D eigenvalue weighted by atomic mass is 79.9. The second-order valence-corrected chi connectivity index (χ2v) is 5.60. The molecule has 0 saturated heterocycles. The molecule has 2 aromatic heterocycles. The lowest BCUT2D eigenvalue weighted by atomic mass is 10.2. The second-order valence-electron chi connectivity index (χ2n) is 4.79. The van der Waals surface area contributed by atoms with Crippen molar-refractivity contribution in [1.29, 1.82) is 0 Å². The summed E-state index contributed by atoms with van der Waals surface area (Å²) in [6.07, 6.45) is 5.95. The van der Waals surface area contributed by atoms with Gasteiger partial charge in [-0.05, 0) is 58.8 Å². The molecule has 3 nitrogen and oxygen atoms in total. The average Bonchev–Trinajstić information content (AvgIpc) is 3.07. The maximum atomic E-state index is 4.60. The molecule has 1 aliphatic carbocycles. The monoisotopic (exact) mass is 293 g/mol. The van der Waals surface area contributed by atoms with E-state index in [9.17, 15) is 0 Å². The number of aryl methyl sites for hydroxylation is 1. The largest absolute Gasteiger partial charge is 0.212 e. The van der Waals surface area contributed by atoms with Crippen molar-refractivity contribution in [1.82, 2.24) is 14.6 Å². The fourth-order valence-corrected chi connectivity index (χ4v) is 2.63. The summed E-state index contributed by atoms with van der Waals surface area (Å²) in [5.74, 6) is 1.72. The summed E-state index contributed by atoms with van der Waals surface area (Å²) in [7, 11) is 0. The molecule has 1 saturated carbocycles. The molecular weight excluding hydrogens is 278 g/mol. The minimum absolute atomic E-state index is 0.757. The molecule has 17 heavy (non-hydrogen) atoms. The molecule has 0 radical (unpaired) electrons. The molecule has 2 heterocycles. The zero-order valence-corrected chi connectivity index (χ0v) is 11.6. The highest BCUT2D eigenvalue weighted by molar-refractivity contribution is 9.10. The molecule has 1 aliphatic rings. The molecule has 0 amide bonds. The third kappa shape index (κ3) is 2.23. The lowest BCUT2D eigenvalue weighted by Crippen LogP contribution is -1.93. The van der Waals surface area contributed by atoms with E-state index in [1.807, 2.05) is 4.52 Å². The van der Waals surface area contributed by atoms with Gasteiger partial charge in [-0.2, -0.15) is 5.10 Å². The predicted octanol–water partition coefficient (Wildman–Crippen LogP) is 3.71. The molecule has 1 fully saturated rings. The van der Waals surface area contributed by atoms with Gasteiger partial charge in [0.1, 0.15) is 4.60 Å². The fraction of sp³-hybridized carbons (Fsp3) is 0.538. The van der Waals surface area contributed by atoms with Crippen molar-refractivity contribution >= 4 is 21.6 Å². The van der Waals surface area contributed by atoms with Gasteiger partial charge in [0.05, 0.1) is 0 Å². The number of aromatic nitrogens is 3. The van der Waals surface area contributed by atoms with E-state index in [1.54, 1.807) is 0 Å². The van der Waals surface area contributed by atoms with Crippen LogP contribution in [0.15, 0.2) is 16.7 Å². The van der Waals surface area contributed by atoms with Crippen molar-refractivity contribution in [2.45, 2.75) is 44.9 Å². The molecule has 2 aromatic rings. The van der Waals surface area contributed by atoms with E-state index in [1.165, 1.54) is 24.8 Å². The third-order valence-electron chi connectivity index (χ3n) is 3.26. The topological polar surface area (TPSA) is 30.2 Å². The van der Waals surface area contributed by atoms with Crippen LogP contribution in [-0.4, -0.2) is 14.6 Å². The molecule has 0 aliphatic heterocycles. The Kier molecular flexibility index (Phi) is 2.90. The molecule has 3 rings (SSSR count). The van der Waals surface area contributed by atoms with E-state index < -0.39 is 0 Å². The number of hydrogen-bond donors (Lipinski definition) is 0. The van der Waals surface area contributed by atoms with Crippen molar-refractivity contribution < 1.29 is 0 Å². The van der Waals surface area contributed by atoms with Gasteiger partial charge in [0, 0.05) is 6.42 Å². The van der Waals surface area contributed by atoms with Crippen LogP contribution in [0.5, 0.6) is 0 Å². The first-order chi connectivity index (χ1) is 8.28. The van der Waals surface area contributed by atoms with Gasteiger partial charge in [-0.1, -0.05) is 13.3 Å². The molecule has 90 valence electrons. The average molecular weight is 294 g/mol. The first kappa shape index (κ1) is 11.2. The van der Waals surface area contributed by atoms with Crippen LogP contribution < -0.4 is 0 Å². The number of rotatable bonds is 4. The van der Waals surface area contributed by atoms with Gasteiger partial charge in [0.2, 0.25) is 0 Å². The van der Waals surface area contributed by atoms with E-state index in [0.717, 1.165) is 34.8 Å². The number of nitrogens with zero attached hydrogens (tertiary/aromatic N) is 3. The molecule has 0 bridgehead atoms. The predicted molar refractivity (Wildman–Crippen MR) is 71.3 cm³/mol. The zero-order chi connectivity index (χ0) is 11.8. The van der Waals surface area contributed by atoms with E-state index in [-0.39, 0.29) is 0 Å². The van der Waals surface area contributed by atoms with Gasteiger partial charge in [-0.25, -0.2) is 9.50 Å². The smallest absolute Gasteiger partial charge is 0.157 e. The summed E-state index contributed by atoms with van der Waals surface area (Å²) in [4.78, 5) is 4.60. The standard InChI is InChI=1S/C13H16BrN3/c1-2-3-4-12-15-13-8-10(9-5-6-9)7-11(14)17(13)16-12/h7-9H,2-6H2,1H3. The minimum Gasteiger partial charge on any atom is -0.212 e. The summed E-state index contributed by atoms with van der Waals surface area (Å²) >= 11 is 3.59. The summed E-state index contributed by atoms with van der Waals surface area (Å²) in [6.45, 7) is 2.19. The van der Waals surface area contributed by atoms with Crippen molar-refractivity contribution in [3.63, 3.8) is 0 Å². The van der Waals surface area contributed by atoms with Crippen molar-refractivity contribution in [3.8, 4) is 0 Å². The fourth-order valence-electron chi connectivity index (χ4n) is 2.10. The van der Waals surface area contributed by atoms with Gasteiger partial charge < -0.3 is 0 Å². The highest BCUT2D eigenvalue weighted by Gasteiger charge is 2.24. The molecular formula is C13H16BrN3. The van der Waals surface area contributed by atoms with E-state index in [0.29, 0.717) is 0 Å². The Morgan fingerprint density at radius 3 is 2.94 bits per heavy atom. The maximum Gasteiger partial charge on any atom is 0.157 e. The van der Waals surface area contributed by atoms with Crippen molar-refractivity contribution in [2.75, 3.05) is 0 Å². The lowest BCUT2D eigenvalue weighted by molar-refractivity contribution is 0.745. The van der Waals surface area contributed by atoms with Crippen LogP contribution in [0, 0.1) is 0 Å². The molecule has 0 atom stereocenters. The lowest BCUT2D eigenvalue weighted by Gasteiger charge is -2.00. The Bertz CT molecular complexity index is 543. The van der Waals surface area contributed by atoms with Crippen molar-refractivity contribution in [3.05, 3.63) is 28.1 Å². The first-order valence-corrected chi connectivity index (χ1v) is 7.12. The first-order valence-electron chi connectivity index (χ1n) is 6.33. The molecule has 0 spiro atoms. The Labute approximate surface area is 109 Å². The Hall–Kier alpha value is -0.900. The van der Waals surface area contributed by atoms with Gasteiger partial charge >= 0.3 is 0 Å². The molecule has 0 unspecified atom stereocenters. The number of hydrogen-bond acceptors (Lipinski definition) is 2. The third-order valence-corrected chi connectivity index (χ3v) is 3.83. The van der Waals surface area contributed by atoms with Crippen LogP contribution >= 0.6 is 15.9 Å². The van der Waals surface area contributed by atoms with Crippen LogP contribution in [0.4, 0.5) is 0 Å². The van der Waals surface area contributed by atoms with Gasteiger partial charge in [0.15, 0.2) is 11.5 Å². The van der Waals surface area contributed by atoms with Gasteiger partial charge in [-0.15, -0.1) is 0 Å². The van der Waals surface area contributed by atoms with Crippen molar-refractivity contribution in [2.24, 2.45) is 0 Å². The summed E-state index contributed by atoms with van der Waals surface area (Å²) in [6, 6.07) is 4.37. The molecule has 0 N–H and O–H groups in total. The van der Waals surface area contributed by atoms with Crippen LogP contribution in [-0.2, 0) is 6.42 Å². The number of fused-ring (bicyclic) bond motifs is 1. The zero-order valence-electron chi connectivity index (χ0n) is 9.99. The second kappa shape index (κ2) is 4.41. The quantitative estimate of drug-likeness (QED) is 0.805. The number of pyridine rings is 1. The SMILES string of the molecule is CCCCc1nc2cc(C3CC3)cc(Br)n2n1. The number of unbranched alkanes of at least 4 members (excludes halogenated alkanes) is 1. The minimum atomic E-state index is 0.757. The van der Waals surface area contributed by atoms with Crippen LogP contribution in [0.3, 0.4) is 0 Å². The van der Waals surface area contributed by atoms with Crippen LogP contribution in [0.1, 0.15) is 49.9 Å². The normalized spacial score (nSPS) is 15.6. The van der Waals surface area contributed by atoms with E-state index in [4.69, 9.17) is 0 Å². The van der Waals surface area contributed by atoms with E-state index >= 15 is 0 Å². The molecule has 0 aromatic carbocycles. The molecule has 4 heteroatoms. The van der Waals surface area contributed by atoms with Crippen LogP contribution in [0.2, 0.25) is 0 Å². The van der Waals surface area contributed by atoms with Crippen LogP contribution in [0.25, 0.3) is 5.65 Å².